The van der Waals surface area contributed by atoms with Crippen molar-refractivity contribution in [2.45, 2.75) is 6.61 Å². The van der Waals surface area contributed by atoms with E-state index in [2.05, 4.69) is 16.7 Å². The van der Waals surface area contributed by atoms with E-state index in [4.69, 9.17) is 10.6 Å². The Bertz CT molecular complexity index is 288. The van der Waals surface area contributed by atoms with Crippen LogP contribution in [0.2, 0.25) is 0 Å². The summed E-state index contributed by atoms with van der Waals surface area (Å²) in [6.45, 7) is 5.23. The van der Waals surface area contributed by atoms with Crippen LogP contribution in [0.1, 0.15) is 5.56 Å². The Morgan fingerprint density at radius 2 is 2.07 bits per heavy atom. The highest BCUT2D eigenvalue weighted by atomic mass is 16.6. The lowest BCUT2D eigenvalue weighted by atomic mass is 10.2. The van der Waals surface area contributed by atoms with Gasteiger partial charge in [0.05, 0.1) is 6.61 Å². The summed E-state index contributed by atoms with van der Waals surface area (Å²) in [7, 11) is 0. The maximum Gasteiger partial charge on any atom is 0.179 e. The maximum atomic E-state index is 5.37. The summed E-state index contributed by atoms with van der Waals surface area (Å²) < 4.78 is 5.37. The molecule has 0 radical (unpaired) electrons. The molecule has 0 amide bonds. The number of benzene rings is 1. The first-order valence-electron chi connectivity index (χ1n) is 4.74. The maximum absolute atomic E-state index is 5.37. The van der Waals surface area contributed by atoms with Crippen molar-refractivity contribution < 1.29 is 9.57 Å². The molecule has 0 aliphatic rings. The van der Waals surface area contributed by atoms with E-state index in [0.29, 0.717) is 25.6 Å². The predicted molar refractivity (Wildman–Crippen MR) is 58.5 cm³/mol. The summed E-state index contributed by atoms with van der Waals surface area (Å²) in [4.78, 5) is 4.40. The van der Waals surface area contributed by atoms with Crippen molar-refractivity contribution in [3.05, 3.63) is 48.4 Å². The second-order valence-electron chi connectivity index (χ2n) is 3.00. The molecule has 4 nitrogen and oxygen atoms in total. The molecule has 1 aromatic carbocycles. The van der Waals surface area contributed by atoms with Gasteiger partial charge in [0.1, 0.15) is 6.61 Å². The van der Waals surface area contributed by atoms with E-state index in [9.17, 15) is 0 Å². The fourth-order valence-corrected chi connectivity index (χ4v) is 1.05. The number of ether oxygens (including phenoxy) is 1. The first-order valence-corrected chi connectivity index (χ1v) is 4.74. The molecular formula is C11H16N2O2. The molecule has 1 aromatic rings. The number of hydrogen-bond donors (Lipinski definition) is 2. The van der Waals surface area contributed by atoms with Gasteiger partial charge in [-0.05, 0) is 12.1 Å². The van der Waals surface area contributed by atoms with Crippen molar-refractivity contribution >= 4 is 0 Å². The largest absolute Gasteiger partial charge is 0.475 e. The normalized spacial score (nSPS) is 9.67. The summed E-state index contributed by atoms with van der Waals surface area (Å²) in [5, 5.41) is 2.93. The molecule has 1 rings (SSSR count). The lowest BCUT2D eigenvalue weighted by Gasteiger charge is -2.10. The van der Waals surface area contributed by atoms with Gasteiger partial charge in [0.2, 0.25) is 0 Å². The molecule has 0 atom stereocenters. The van der Waals surface area contributed by atoms with E-state index in [1.807, 2.05) is 30.3 Å². The molecule has 4 heteroatoms. The zero-order chi connectivity index (χ0) is 10.9. The Hall–Kier alpha value is -1.52. The second kappa shape index (κ2) is 6.86. The lowest BCUT2D eigenvalue weighted by molar-refractivity contribution is 0.128. The van der Waals surface area contributed by atoms with E-state index in [-0.39, 0.29) is 0 Å². The van der Waals surface area contributed by atoms with Crippen LogP contribution >= 0.6 is 0 Å². The number of hydrogen-bond acceptors (Lipinski definition) is 4. The van der Waals surface area contributed by atoms with Gasteiger partial charge in [0.25, 0.3) is 0 Å². The smallest absolute Gasteiger partial charge is 0.179 e. The molecule has 0 aromatic heterocycles. The van der Waals surface area contributed by atoms with E-state index >= 15 is 0 Å². The molecule has 3 N–H and O–H groups in total. The van der Waals surface area contributed by atoms with Gasteiger partial charge in [-0.3, -0.25) is 0 Å². The highest BCUT2D eigenvalue weighted by molar-refractivity contribution is 5.13. The summed E-state index contributed by atoms with van der Waals surface area (Å²) in [6, 6.07) is 9.90. The Kier molecular flexibility index (Phi) is 5.29. The fraction of sp³-hybridized carbons (Fsp3) is 0.273. The van der Waals surface area contributed by atoms with Crippen molar-refractivity contribution in [3.63, 3.8) is 0 Å². The van der Waals surface area contributed by atoms with Gasteiger partial charge in [-0.15, -0.1) is 0 Å². The second-order valence-corrected chi connectivity index (χ2v) is 3.00. The van der Waals surface area contributed by atoms with Gasteiger partial charge < -0.3 is 14.9 Å². The molecular weight excluding hydrogens is 192 g/mol. The minimum atomic E-state index is 0.424. The summed E-state index contributed by atoms with van der Waals surface area (Å²) in [5.41, 5.74) is 1.11. The Balaban J connectivity index is 2.17. The van der Waals surface area contributed by atoms with E-state index in [0.717, 1.165) is 5.56 Å². The Morgan fingerprint density at radius 3 is 2.73 bits per heavy atom. The third-order valence-electron chi connectivity index (χ3n) is 1.80. The van der Waals surface area contributed by atoms with Crippen LogP contribution in [-0.4, -0.2) is 13.2 Å². The molecule has 0 unspecified atom stereocenters. The van der Waals surface area contributed by atoms with Gasteiger partial charge in [-0.1, -0.05) is 30.3 Å². The first kappa shape index (κ1) is 11.6. The highest BCUT2D eigenvalue weighted by Crippen LogP contribution is 2.02. The van der Waals surface area contributed by atoms with Crippen molar-refractivity contribution in [2.75, 3.05) is 13.2 Å². The summed E-state index contributed by atoms with van der Waals surface area (Å²) >= 11 is 0. The van der Waals surface area contributed by atoms with Crippen LogP contribution in [0, 0.1) is 0 Å². The standard InChI is InChI=1S/C11H16N2O2/c1-10(13-7-8-15-12)14-9-11-5-3-2-4-6-11/h2-6,13H,1,7-9,12H2. The van der Waals surface area contributed by atoms with E-state index in [1.165, 1.54) is 0 Å². The molecule has 15 heavy (non-hydrogen) atoms. The number of nitrogens with one attached hydrogen (secondary N) is 1. The fourth-order valence-electron chi connectivity index (χ4n) is 1.05. The monoisotopic (exact) mass is 208 g/mol. The van der Waals surface area contributed by atoms with Crippen molar-refractivity contribution in [3.8, 4) is 0 Å². The molecule has 82 valence electrons. The molecule has 0 heterocycles. The van der Waals surface area contributed by atoms with Gasteiger partial charge in [0, 0.05) is 6.54 Å². The van der Waals surface area contributed by atoms with E-state index in [1.54, 1.807) is 0 Å². The quantitative estimate of drug-likeness (QED) is 0.401. The third kappa shape index (κ3) is 5.05. The zero-order valence-corrected chi connectivity index (χ0v) is 8.61. The Morgan fingerprint density at radius 1 is 1.33 bits per heavy atom. The van der Waals surface area contributed by atoms with Crippen LogP contribution in [-0.2, 0) is 16.2 Å². The Labute approximate surface area is 89.6 Å². The molecule has 0 aliphatic carbocycles. The van der Waals surface area contributed by atoms with Crippen LogP contribution in [0.4, 0.5) is 0 Å². The van der Waals surface area contributed by atoms with Crippen molar-refractivity contribution in [2.24, 2.45) is 5.90 Å². The van der Waals surface area contributed by atoms with Crippen LogP contribution in [0.5, 0.6) is 0 Å². The van der Waals surface area contributed by atoms with Crippen LogP contribution in [0.25, 0.3) is 0 Å². The molecule has 0 fully saturated rings. The predicted octanol–water partition coefficient (Wildman–Crippen LogP) is 1.15. The van der Waals surface area contributed by atoms with Crippen LogP contribution in [0.15, 0.2) is 42.8 Å². The zero-order valence-electron chi connectivity index (χ0n) is 8.61. The van der Waals surface area contributed by atoms with Crippen LogP contribution < -0.4 is 11.2 Å². The molecule has 0 saturated heterocycles. The third-order valence-corrected chi connectivity index (χ3v) is 1.80. The minimum absolute atomic E-state index is 0.424. The summed E-state index contributed by atoms with van der Waals surface area (Å²) in [5.74, 6) is 5.39. The average molecular weight is 208 g/mol. The highest BCUT2D eigenvalue weighted by Gasteiger charge is 1.95. The molecule has 0 saturated carbocycles. The molecule has 0 aliphatic heterocycles. The first-order chi connectivity index (χ1) is 7.33. The van der Waals surface area contributed by atoms with Gasteiger partial charge in [0.15, 0.2) is 5.88 Å². The van der Waals surface area contributed by atoms with Crippen molar-refractivity contribution in [1.29, 1.82) is 0 Å². The van der Waals surface area contributed by atoms with Crippen molar-refractivity contribution in [1.82, 2.24) is 5.32 Å². The summed E-state index contributed by atoms with van der Waals surface area (Å²) in [6.07, 6.45) is 0. The van der Waals surface area contributed by atoms with Gasteiger partial charge in [-0.25, -0.2) is 5.90 Å². The number of nitrogens with two attached hydrogens (primary N) is 1. The minimum Gasteiger partial charge on any atom is -0.475 e. The van der Waals surface area contributed by atoms with Crippen LogP contribution in [0.3, 0.4) is 0 Å². The van der Waals surface area contributed by atoms with Gasteiger partial charge in [-0.2, -0.15) is 0 Å². The van der Waals surface area contributed by atoms with Gasteiger partial charge >= 0.3 is 0 Å². The topological polar surface area (TPSA) is 56.5 Å². The molecule has 0 spiro atoms. The number of rotatable bonds is 7. The van der Waals surface area contributed by atoms with E-state index < -0.39 is 0 Å². The lowest BCUT2D eigenvalue weighted by Crippen LogP contribution is -2.21. The SMILES string of the molecule is C=C(NCCON)OCc1ccccc1. The average Bonchev–Trinajstić information content (AvgIpc) is 2.28. The molecule has 0 bridgehead atoms.